The molecule has 1 amide bonds. The van der Waals surface area contributed by atoms with Gasteiger partial charge in [0, 0.05) is 11.6 Å². The van der Waals surface area contributed by atoms with E-state index in [1.807, 2.05) is 20.8 Å². The van der Waals surface area contributed by atoms with Gasteiger partial charge in [-0.25, -0.2) is 4.79 Å². The summed E-state index contributed by atoms with van der Waals surface area (Å²) < 4.78 is 5.29. The number of carbonyl (C=O) groups excluding carboxylic acids is 1. The van der Waals surface area contributed by atoms with Crippen molar-refractivity contribution in [1.29, 1.82) is 0 Å². The van der Waals surface area contributed by atoms with Crippen LogP contribution in [0.25, 0.3) is 0 Å². The second-order valence-electron chi connectivity index (χ2n) is 6.26. The van der Waals surface area contributed by atoms with Gasteiger partial charge >= 0.3 is 6.09 Å². The van der Waals surface area contributed by atoms with Crippen LogP contribution in [0.15, 0.2) is 0 Å². The highest BCUT2D eigenvalue weighted by Crippen LogP contribution is 2.33. The minimum absolute atomic E-state index is 0.0578. The number of aliphatic hydroxyl groups is 1. The average molecular weight is 258 g/mol. The van der Waals surface area contributed by atoms with E-state index in [4.69, 9.17) is 15.6 Å². The maximum absolute atomic E-state index is 11.9. The van der Waals surface area contributed by atoms with Crippen LogP contribution in [-0.2, 0) is 4.74 Å². The summed E-state index contributed by atoms with van der Waals surface area (Å²) in [6, 6.07) is -0.293. The van der Waals surface area contributed by atoms with Crippen LogP contribution < -0.4 is 11.1 Å². The number of rotatable bonds is 4. The summed E-state index contributed by atoms with van der Waals surface area (Å²) in [5, 5.41) is 12.0. The first-order valence-electron chi connectivity index (χ1n) is 6.64. The van der Waals surface area contributed by atoms with Gasteiger partial charge in [-0.1, -0.05) is 12.8 Å². The maximum Gasteiger partial charge on any atom is 0.408 e. The van der Waals surface area contributed by atoms with Crippen molar-refractivity contribution in [2.45, 2.75) is 70.1 Å². The highest BCUT2D eigenvalue weighted by atomic mass is 16.6. The van der Waals surface area contributed by atoms with Crippen LogP contribution in [0, 0.1) is 0 Å². The van der Waals surface area contributed by atoms with Gasteiger partial charge in [0.15, 0.2) is 0 Å². The summed E-state index contributed by atoms with van der Waals surface area (Å²) in [4.78, 5) is 11.9. The molecule has 106 valence electrons. The third-order valence-corrected chi connectivity index (χ3v) is 3.21. The number of carbonyl (C=O) groups is 1. The maximum atomic E-state index is 11.9. The Morgan fingerprint density at radius 1 is 1.44 bits per heavy atom. The number of hydrogen-bond acceptors (Lipinski definition) is 4. The Hall–Kier alpha value is -0.810. The van der Waals surface area contributed by atoms with Gasteiger partial charge in [0.25, 0.3) is 0 Å². The summed E-state index contributed by atoms with van der Waals surface area (Å²) in [7, 11) is 0. The lowest BCUT2D eigenvalue weighted by Crippen LogP contribution is -2.51. The molecule has 0 bridgehead atoms. The number of amides is 1. The molecule has 0 aromatic rings. The lowest BCUT2D eigenvalue weighted by molar-refractivity contribution is 0.0441. The van der Waals surface area contributed by atoms with Crippen molar-refractivity contribution in [3.8, 4) is 0 Å². The number of aliphatic hydroxyl groups excluding tert-OH is 1. The predicted molar refractivity (Wildman–Crippen MR) is 70.2 cm³/mol. The van der Waals surface area contributed by atoms with Crippen molar-refractivity contribution >= 4 is 6.09 Å². The molecule has 0 aliphatic heterocycles. The van der Waals surface area contributed by atoms with Crippen molar-refractivity contribution in [1.82, 2.24) is 5.32 Å². The van der Waals surface area contributed by atoms with Crippen LogP contribution in [0.2, 0.25) is 0 Å². The molecular weight excluding hydrogens is 232 g/mol. The zero-order valence-electron chi connectivity index (χ0n) is 11.7. The molecule has 0 saturated heterocycles. The third-order valence-electron chi connectivity index (χ3n) is 3.21. The highest BCUT2D eigenvalue weighted by molar-refractivity contribution is 5.68. The molecule has 18 heavy (non-hydrogen) atoms. The Labute approximate surface area is 109 Å². The topological polar surface area (TPSA) is 84.6 Å². The number of nitrogens with two attached hydrogens (primary N) is 1. The van der Waals surface area contributed by atoms with Crippen molar-refractivity contribution in [2.24, 2.45) is 5.73 Å². The number of nitrogens with one attached hydrogen (secondary N) is 1. The average Bonchev–Trinajstić information content (AvgIpc) is 2.62. The highest BCUT2D eigenvalue weighted by Gasteiger charge is 2.37. The Morgan fingerprint density at radius 3 is 2.44 bits per heavy atom. The second kappa shape index (κ2) is 5.89. The summed E-state index contributed by atoms with van der Waals surface area (Å²) in [5.41, 5.74) is 5.00. The lowest BCUT2D eigenvalue weighted by Gasteiger charge is -2.33. The molecule has 0 aromatic carbocycles. The number of ether oxygens (including phenoxy) is 1. The van der Waals surface area contributed by atoms with Gasteiger partial charge in [-0.3, -0.25) is 0 Å². The van der Waals surface area contributed by atoms with Gasteiger partial charge < -0.3 is 20.9 Å². The van der Waals surface area contributed by atoms with E-state index >= 15 is 0 Å². The normalized spacial score (nSPS) is 20.5. The van der Waals surface area contributed by atoms with Crippen LogP contribution in [0.4, 0.5) is 4.79 Å². The molecule has 1 rings (SSSR count). The van der Waals surface area contributed by atoms with Gasteiger partial charge in [0.1, 0.15) is 5.60 Å². The largest absolute Gasteiger partial charge is 0.444 e. The van der Waals surface area contributed by atoms with Crippen molar-refractivity contribution in [3.63, 3.8) is 0 Å². The van der Waals surface area contributed by atoms with E-state index in [1.165, 1.54) is 0 Å². The fraction of sp³-hybridized carbons (Fsp3) is 0.923. The summed E-state index contributed by atoms with van der Waals surface area (Å²) in [6.07, 6.45) is 4.17. The second-order valence-corrected chi connectivity index (χ2v) is 6.26. The molecule has 0 spiro atoms. The molecule has 0 aromatic heterocycles. The van der Waals surface area contributed by atoms with Gasteiger partial charge in [-0.15, -0.1) is 0 Å². The Balaban J connectivity index is 2.60. The van der Waals surface area contributed by atoms with Crippen LogP contribution in [0.5, 0.6) is 0 Å². The zero-order valence-corrected chi connectivity index (χ0v) is 11.7. The smallest absolute Gasteiger partial charge is 0.408 e. The number of alkyl carbamates (subject to hydrolysis) is 1. The minimum atomic E-state index is -0.497. The quantitative estimate of drug-likeness (QED) is 0.714. The van der Waals surface area contributed by atoms with Crippen molar-refractivity contribution in [2.75, 3.05) is 6.61 Å². The molecule has 5 nitrogen and oxygen atoms in total. The Bertz CT molecular complexity index is 280. The zero-order chi connectivity index (χ0) is 13.8. The van der Waals surface area contributed by atoms with E-state index in [1.54, 1.807) is 0 Å². The van der Waals surface area contributed by atoms with Crippen LogP contribution in [0.1, 0.15) is 52.9 Å². The summed E-state index contributed by atoms with van der Waals surface area (Å²) >= 11 is 0. The predicted octanol–water partition coefficient (Wildman–Crippen LogP) is 1.53. The molecule has 1 aliphatic rings. The third kappa shape index (κ3) is 4.82. The van der Waals surface area contributed by atoms with E-state index in [-0.39, 0.29) is 18.2 Å². The molecule has 1 unspecified atom stereocenters. The standard InChI is InChI=1S/C13H26N2O3/c1-12(2,3)18-11(17)15-13(6-4-5-7-13)8-10(14)9-16/h10,16H,4-9,14H2,1-3H3,(H,15,17). The lowest BCUT2D eigenvalue weighted by atomic mass is 9.90. The van der Waals surface area contributed by atoms with E-state index < -0.39 is 11.7 Å². The number of hydrogen-bond donors (Lipinski definition) is 3. The van der Waals surface area contributed by atoms with E-state index in [0.29, 0.717) is 6.42 Å². The molecule has 0 radical (unpaired) electrons. The molecule has 1 fully saturated rings. The van der Waals surface area contributed by atoms with Gasteiger partial charge in [0.05, 0.1) is 6.61 Å². The van der Waals surface area contributed by atoms with E-state index in [2.05, 4.69) is 5.32 Å². The molecule has 1 atom stereocenters. The SMILES string of the molecule is CC(C)(C)OC(=O)NC1(CC(N)CO)CCCC1. The summed E-state index contributed by atoms with van der Waals surface area (Å²) in [6.45, 7) is 5.46. The molecule has 1 aliphatic carbocycles. The first-order valence-corrected chi connectivity index (χ1v) is 6.64. The summed E-state index contributed by atoms with van der Waals surface area (Å²) in [5.74, 6) is 0. The monoisotopic (exact) mass is 258 g/mol. The van der Waals surface area contributed by atoms with Crippen molar-refractivity contribution < 1.29 is 14.6 Å². The fourth-order valence-corrected chi connectivity index (χ4v) is 2.52. The minimum Gasteiger partial charge on any atom is -0.444 e. The molecule has 5 heteroatoms. The molecule has 0 heterocycles. The Morgan fingerprint density at radius 2 is 2.00 bits per heavy atom. The van der Waals surface area contributed by atoms with E-state index in [9.17, 15) is 4.79 Å². The van der Waals surface area contributed by atoms with Crippen LogP contribution in [0.3, 0.4) is 0 Å². The Kier molecular flexibility index (Phi) is 4.99. The van der Waals surface area contributed by atoms with Gasteiger partial charge in [-0.2, -0.15) is 0 Å². The molecule has 4 N–H and O–H groups in total. The van der Waals surface area contributed by atoms with E-state index in [0.717, 1.165) is 25.7 Å². The van der Waals surface area contributed by atoms with Crippen LogP contribution >= 0.6 is 0 Å². The first-order chi connectivity index (χ1) is 8.26. The van der Waals surface area contributed by atoms with Crippen molar-refractivity contribution in [3.05, 3.63) is 0 Å². The molecular formula is C13H26N2O3. The molecule has 1 saturated carbocycles. The van der Waals surface area contributed by atoms with Crippen LogP contribution in [-0.4, -0.2) is 35.0 Å². The van der Waals surface area contributed by atoms with Gasteiger partial charge in [0.2, 0.25) is 0 Å². The first kappa shape index (κ1) is 15.2. The fourth-order valence-electron chi connectivity index (χ4n) is 2.52. The van der Waals surface area contributed by atoms with Gasteiger partial charge in [-0.05, 0) is 40.0 Å².